The highest BCUT2D eigenvalue weighted by atomic mass is 16.6. The van der Waals surface area contributed by atoms with Gasteiger partial charge in [0.05, 0.1) is 6.04 Å². The van der Waals surface area contributed by atoms with Gasteiger partial charge in [0.1, 0.15) is 5.60 Å². The van der Waals surface area contributed by atoms with Crippen LogP contribution in [0.4, 0.5) is 9.59 Å². The van der Waals surface area contributed by atoms with Crippen LogP contribution in [0, 0.1) is 5.92 Å². The molecule has 3 amide bonds. The molecule has 0 bridgehead atoms. The van der Waals surface area contributed by atoms with Crippen molar-refractivity contribution in [1.82, 2.24) is 15.1 Å². The second-order valence-corrected chi connectivity index (χ2v) is 8.08. The molecule has 0 aromatic carbocycles. The minimum absolute atomic E-state index is 0.0476. The van der Waals surface area contributed by atoms with Crippen LogP contribution in [-0.4, -0.2) is 59.2 Å². The largest absolute Gasteiger partial charge is 0.444 e. The van der Waals surface area contributed by atoms with Crippen LogP contribution in [0.25, 0.3) is 0 Å². The summed E-state index contributed by atoms with van der Waals surface area (Å²) in [6.45, 7) is 12.0. The van der Waals surface area contributed by atoms with Crippen molar-refractivity contribution < 1.29 is 14.3 Å². The van der Waals surface area contributed by atoms with Gasteiger partial charge >= 0.3 is 12.1 Å². The third-order valence-electron chi connectivity index (χ3n) is 4.37. The van der Waals surface area contributed by atoms with Gasteiger partial charge in [-0.3, -0.25) is 0 Å². The van der Waals surface area contributed by atoms with Gasteiger partial charge in [0.25, 0.3) is 0 Å². The zero-order chi connectivity index (χ0) is 17.2. The van der Waals surface area contributed by atoms with Crippen molar-refractivity contribution in [2.75, 3.05) is 19.6 Å². The maximum absolute atomic E-state index is 12.2. The predicted octanol–water partition coefficient (Wildman–Crippen LogP) is 2.83. The van der Waals surface area contributed by atoms with Gasteiger partial charge in [-0.25, -0.2) is 9.59 Å². The molecule has 2 heterocycles. The Balaban J connectivity index is 1.90. The van der Waals surface area contributed by atoms with E-state index in [0.29, 0.717) is 19.0 Å². The summed E-state index contributed by atoms with van der Waals surface area (Å²) in [7, 11) is 0. The minimum atomic E-state index is -0.467. The van der Waals surface area contributed by atoms with Crippen LogP contribution in [0.5, 0.6) is 0 Å². The number of carbonyl (C=O) groups is 2. The van der Waals surface area contributed by atoms with Gasteiger partial charge in [0.15, 0.2) is 0 Å². The number of rotatable bonds is 3. The van der Waals surface area contributed by atoms with E-state index in [9.17, 15) is 9.59 Å². The van der Waals surface area contributed by atoms with E-state index in [0.717, 1.165) is 25.8 Å². The Morgan fingerprint density at radius 1 is 1.30 bits per heavy atom. The fourth-order valence-electron chi connectivity index (χ4n) is 3.42. The molecular weight excluding hydrogens is 294 g/mol. The molecule has 2 aliphatic heterocycles. The number of nitrogens with zero attached hydrogens (tertiary/aromatic N) is 2. The third-order valence-corrected chi connectivity index (χ3v) is 4.37. The highest BCUT2D eigenvalue weighted by Crippen LogP contribution is 2.25. The van der Waals surface area contributed by atoms with Crippen molar-refractivity contribution in [2.45, 2.75) is 71.6 Å². The van der Waals surface area contributed by atoms with Gasteiger partial charge in [-0.15, -0.1) is 0 Å². The molecule has 0 aromatic rings. The zero-order valence-corrected chi connectivity index (χ0v) is 15.1. The van der Waals surface area contributed by atoms with E-state index >= 15 is 0 Å². The first-order valence-electron chi connectivity index (χ1n) is 8.71. The molecule has 6 heteroatoms. The van der Waals surface area contributed by atoms with Gasteiger partial charge in [-0.1, -0.05) is 13.8 Å². The van der Waals surface area contributed by atoms with E-state index in [1.807, 2.05) is 25.7 Å². The van der Waals surface area contributed by atoms with Crippen molar-refractivity contribution >= 4 is 12.1 Å². The summed E-state index contributed by atoms with van der Waals surface area (Å²) in [4.78, 5) is 28.1. The molecule has 0 radical (unpaired) electrons. The average molecular weight is 325 g/mol. The number of likely N-dealkylation sites (tertiary alicyclic amines) is 1. The second kappa shape index (κ2) is 6.97. The van der Waals surface area contributed by atoms with Crippen molar-refractivity contribution in [2.24, 2.45) is 5.92 Å². The number of hydrogen-bond donors (Lipinski definition) is 1. The van der Waals surface area contributed by atoms with Crippen molar-refractivity contribution in [3.8, 4) is 0 Å². The number of nitrogens with one attached hydrogen (secondary N) is 1. The van der Waals surface area contributed by atoms with Gasteiger partial charge in [-0.2, -0.15) is 0 Å². The molecule has 0 aromatic heterocycles. The lowest BCUT2D eigenvalue weighted by atomic mass is 9.98. The smallest absolute Gasteiger partial charge is 0.410 e. The molecule has 0 saturated carbocycles. The number of hydrogen-bond acceptors (Lipinski definition) is 3. The van der Waals surface area contributed by atoms with Crippen LogP contribution < -0.4 is 5.32 Å². The van der Waals surface area contributed by atoms with E-state index < -0.39 is 5.60 Å². The number of ether oxygens (including phenoxy) is 1. The summed E-state index contributed by atoms with van der Waals surface area (Å²) in [5.41, 5.74) is -0.467. The lowest BCUT2D eigenvalue weighted by molar-refractivity contribution is 0.0156. The Hall–Kier alpha value is -1.46. The Kier molecular flexibility index (Phi) is 5.42. The van der Waals surface area contributed by atoms with Gasteiger partial charge in [0.2, 0.25) is 0 Å². The molecule has 0 spiro atoms. The number of carbonyl (C=O) groups excluding carboxylic acids is 2. The molecule has 0 unspecified atom stereocenters. The number of amides is 3. The highest BCUT2D eigenvalue weighted by molar-refractivity contribution is 5.77. The molecular formula is C17H31N3O3. The molecule has 6 nitrogen and oxygen atoms in total. The van der Waals surface area contributed by atoms with Gasteiger partial charge < -0.3 is 19.9 Å². The summed E-state index contributed by atoms with van der Waals surface area (Å²) in [6.07, 6.45) is 2.41. The fraction of sp³-hybridized carbons (Fsp3) is 0.882. The molecule has 2 fully saturated rings. The fourth-order valence-corrected chi connectivity index (χ4v) is 3.42. The van der Waals surface area contributed by atoms with Crippen molar-refractivity contribution in [3.63, 3.8) is 0 Å². The Morgan fingerprint density at radius 3 is 2.43 bits per heavy atom. The molecule has 1 atom stereocenters. The summed E-state index contributed by atoms with van der Waals surface area (Å²) >= 11 is 0. The zero-order valence-electron chi connectivity index (χ0n) is 15.1. The lowest BCUT2D eigenvalue weighted by Gasteiger charge is -2.39. The first kappa shape index (κ1) is 17.9. The summed E-state index contributed by atoms with van der Waals surface area (Å²) in [5, 5.41) is 2.97. The second-order valence-electron chi connectivity index (χ2n) is 8.08. The standard InChI is InChI=1S/C17H31N3O3/c1-12(2)10-14-11-18-15(21)20(14)13-6-8-19(9-7-13)16(22)23-17(3,4)5/h12-14H,6-11H2,1-5H3,(H,18,21)/t14-/m1/s1. The molecule has 2 rings (SSSR count). The third kappa shape index (κ3) is 4.75. The SMILES string of the molecule is CC(C)C[C@@H]1CNC(=O)N1C1CCN(C(=O)OC(C)(C)C)CC1. The molecule has 0 aliphatic carbocycles. The van der Waals surface area contributed by atoms with Crippen LogP contribution in [0.1, 0.15) is 53.9 Å². The van der Waals surface area contributed by atoms with Crippen LogP contribution in [0.3, 0.4) is 0 Å². The van der Waals surface area contributed by atoms with Gasteiger partial charge in [0, 0.05) is 25.7 Å². The molecule has 132 valence electrons. The maximum atomic E-state index is 12.2. The van der Waals surface area contributed by atoms with Crippen molar-refractivity contribution in [1.29, 1.82) is 0 Å². The quantitative estimate of drug-likeness (QED) is 0.868. The summed E-state index contributed by atoms with van der Waals surface area (Å²) in [6, 6.07) is 0.548. The average Bonchev–Trinajstić information content (AvgIpc) is 2.77. The molecule has 23 heavy (non-hydrogen) atoms. The van der Waals surface area contributed by atoms with Gasteiger partial charge in [-0.05, 0) is 46.0 Å². The molecule has 1 N–H and O–H groups in total. The van der Waals surface area contributed by atoms with Crippen LogP contribution in [0.15, 0.2) is 0 Å². The van der Waals surface area contributed by atoms with E-state index in [-0.39, 0.29) is 24.2 Å². The van der Waals surface area contributed by atoms with E-state index in [1.54, 1.807) is 4.90 Å². The first-order valence-corrected chi connectivity index (χ1v) is 8.71. The minimum Gasteiger partial charge on any atom is -0.444 e. The van der Waals surface area contributed by atoms with E-state index in [1.165, 1.54) is 0 Å². The van der Waals surface area contributed by atoms with E-state index in [2.05, 4.69) is 19.2 Å². The number of urea groups is 1. The lowest BCUT2D eigenvalue weighted by Crippen LogP contribution is -2.51. The Morgan fingerprint density at radius 2 is 1.91 bits per heavy atom. The summed E-state index contributed by atoms with van der Waals surface area (Å²) < 4.78 is 5.43. The highest BCUT2D eigenvalue weighted by Gasteiger charge is 2.38. The monoisotopic (exact) mass is 325 g/mol. The molecule has 2 aliphatic rings. The Labute approximate surface area is 139 Å². The molecule has 2 saturated heterocycles. The van der Waals surface area contributed by atoms with Crippen molar-refractivity contribution in [3.05, 3.63) is 0 Å². The first-order chi connectivity index (χ1) is 10.7. The maximum Gasteiger partial charge on any atom is 0.410 e. The number of piperidine rings is 1. The van der Waals surface area contributed by atoms with Crippen LogP contribution in [-0.2, 0) is 4.74 Å². The normalized spacial score (nSPS) is 23.4. The topological polar surface area (TPSA) is 61.9 Å². The van der Waals surface area contributed by atoms with Crippen LogP contribution >= 0.6 is 0 Å². The Bertz CT molecular complexity index is 437. The predicted molar refractivity (Wildman–Crippen MR) is 89.3 cm³/mol. The summed E-state index contributed by atoms with van der Waals surface area (Å²) in [5.74, 6) is 0.567. The van der Waals surface area contributed by atoms with E-state index in [4.69, 9.17) is 4.74 Å². The van der Waals surface area contributed by atoms with Crippen LogP contribution in [0.2, 0.25) is 0 Å².